The van der Waals surface area contributed by atoms with Gasteiger partial charge in [0.05, 0.1) is 42.5 Å². The molecule has 1 aromatic carbocycles. The van der Waals surface area contributed by atoms with Crippen LogP contribution in [-0.2, 0) is 6.18 Å². The lowest BCUT2D eigenvalue weighted by Crippen LogP contribution is -2.48. The van der Waals surface area contributed by atoms with Crippen LogP contribution in [0, 0.1) is 0 Å². The van der Waals surface area contributed by atoms with Crippen molar-refractivity contribution in [2.75, 3.05) is 41.4 Å². The molecular formula is C23H22F3N7O3. The van der Waals surface area contributed by atoms with Crippen LogP contribution < -0.4 is 19.9 Å². The highest BCUT2D eigenvalue weighted by atomic mass is 19.4. The first-order valence-electron chi connectivity index (χ1n) is 11.3. The summed E-state index contributed by atoms with van der Waals surface area (Å²) in [5.41, 5.74) is 0.0269. The van der Waals surface area contributed by atoms with Crippen LogP contribution in [0.5, 0.6) is 5.88 Å². The van der Waals surface area contributed by atoms with Crippen LogP contribution in [0.2, 0.25) is 0 Å². The first-order valence-corrected chi connectivity index (χ1v) is 11.3. The number of carbonyl (C=O) groups excluding carboxylic acids is 1. The summed E-state index contributed by atoms with van der Waals surface area (Å²) in [6.07, 6.45) is 0.914. The third-order valence-electron chi connectivity index (χ3n) is 5.93. The van der Waals surface area contributed by atoms with Crippen LogP contribution >= 0.6 is 0 Å². The molecule has 0 radical (unpaired) electrons. The third-order valence-corrected chi connectivity index (χ3v) is 5.93. The van der Waals surface area contributed by atoms with Crippen LogP contribution in [0.3, 0.4) is 0 Å². The van der Waals surface area contributed by atoms with E-state index < -0.39 is 17.8 Å². The van der Waals surface area contributed by atoms with Gasteiger partial charge in [-0.2, -0.15) is 13.2 Å². The predicted octanol–water partition coefficient (Wildman–Crippen LogP) is 3.34. The van der Waals surface area contributed by atoms with Crippen molar-refractivity contribution in [3.8, 4) is 17.3 Å². The number of fused-ring (bicyclic) bond motifs is 4. The number of aromatic nitrogens is 4. The fourth-order valence-corrected chi connectivity index (χ4v) is 4.21. The van der Waals surface area contributed by atoms with Crippen LogP contribution in [0.4, 0.5) is 35.3 Å². The number of amides is 2. The Bertz CT molecular complexity index is 1260. The summed E-state index contributed by atoms with van der Waals surface area (Å²) >= 11 is 0. The van der Waals surface area contributed by atoms with Crippen molar-refractivity contribution in [3.05, 3.63) is 48.4 Å². The number of aliphatic hydroxyl groups excluding tert-OH is 1. The molecule has 0 spiro atoms. The molecule has 2 bridgehead atoms. The van der Waals surface area contributed by atoms with Crippen molar-refractivity contribution in [2.24, 2.45) is 0 Å². The fraction of sp³-hybridized carbons (Fsp3) is 0.348. The second-order valence-electron chi connectivity index (χ2n) is 8.34. The molecule has 2 N–H and O–H groups in total. The molecule has 13 heteroatoms. The van der Waals surface area contributed by atoms with E-state index in [9.17, 15) is 18.0 Å². The zero-order valence-corrected chi connectivity index (χ0v) is 18.9. The second-order valence-corrected chi connectivity index (χ2v) is 8.34. The minimum atomic E-state index is -4.50. The molecule has 1 fully saturated rings. The fourth-order valence-electron chi connectivity index (χ4n) is 4.21. The predicted molar refractivity (Wildman–Crippen MR) is 124 cm³/mol. The number of halogens is 3. The maximum absolute atomic E-state index is 13.3. The molecule has 10 nitrogen and oxygen atoms in total. The molecule has 3 aromatic rings. The Morgan fingerprint density at radius 2 is 2.06 bits per heavy atom. The molecule has 1 saturated heterocycles. The van der Waals surface area contributed by atoms with Gasteiger partial charge in [0.25, 0.3) is 0 Å². The average Bonchev–Trinajstić information content (AvgIpc) is 3.29. The number of rotatable bonds is 6. The first-order chi connectivity index (χ1) is 17.3. The Labute approximate surface area is 203 Å². The SMILES string of the molecule is O=C(Nc1cnc(OCCCO)cn1)N1c2nc(-c3cccc(C(F)(F)F)c3)ncc2N2CC[C@H]1C2. The van der Waals surface area contributed by atoms with Gasteiger partial charge in [0.15, 0.2) is 17.5 Å². The van der Waals surface area contributed by atoms with E-state index in [-0.39, 0.29) is 42.3 Å². The van der Waals surface area contributed by atoms with E-state index in [1.165, 1.54) is 35.6 Å². The van der Waals surface area contributed by atoms with Gasteiger partial charge in [-0.1, -0.05) is 12.1 Å². The summed E-state index contributed by atoms with van der Waals surface area (Å²) in [5, 5.41) is 11.5. The number of hydrogen-bond donors (Lipinski definition) is 2. The van der Waals surface area contributed by atoms with Gasteiger partial charge in [-0.25, -0.2) is 24.7 Å². The number of nitrogens with zero attached hydrogens (tertiary/aromatic N) is 6. The molecule has 2 aliphatic rings. The summed E-state index contributed by atoms with van der Waals surface area (Å²) in [7, 11) is 0. The maximum atomic E-state index is 13.3. The number of alkyl halides is 3. The maximum Gasteiger partial charge on any atom is 0.416 e. The van der Waals surface area contributed by atoms with Gasteiger partial charge in [0.1, 0.15) is 0 Å². The Kier molecular flexibility index (Phi) is 6.31. The molecule has 188 valence electrons. The van der Waals surface area contributed by atoms with Gasteiger partial charge in [-0.3, -0.25) is 10.2 Å². The van der Waals surface area contributed by atoms with E-state index in [1.54, 1.807) is 0 Å². The van der Waals surface area contributed by atoms with Crippen LogP contribution in [0.1, 0.15) is 18.4 Å². The van der Waals surface area contributed by atoms with Gasteiger partial charge in [-0.05, 0) is 18.6 Å². The van der Waals surface area contributed by atoms with Crippen LogP contribution in [0.15, 0.2) is 42.9 Å². The Hall–Kier alpha value is -4.00. The van der Waals surface area contributed by atoms with E-state index in [4.69, 9.17) is 9.84 Å². The second kappa shape index (κ2) is 9.57. The van der Waals surface area contributed by atoms with E-state index in [0.29, 0.717) is 37.4 Å². The van der Waals surface area contributed by atoms with E-state index in [0.717, 1.165) is 12.1 Å². The smallest absolute Gasteiger partial charge is 0.416 e. The number of benzene rings is 1. The lowest BCUT2D eigenvalue weighted by atomic mass is 10.1. The van der Waals surface area contributed by atoms with Crippen LogP contribution in [-0.4, -0.2) is 63.4 Å². The van der Waals surface area contributed by atoms with E-state index in [2.05, 4.69) is 30.2 Å². The minimum absolute atomic E-state index is 0.00346. The molecule has 2 amide bonds. The Morgan fingerprint density at radius 1 is 1.19 bits per heavy atom. The van der Waals surface area contributed by atoms with Gasteiger partial charge in [0, 0.05) is 31.7 Å². The highest BCUT2D eigenvalue weighted by Crippen LogP contribution is 2.40. The molecule has 0 unspecified atom stereocenters. The normalized spacial score (nSPS) is 16.6. The summed E-state index contributed by atoms with van der Waals surface area (Å²) in [6.45, 7) is 1.58. The van der Waals surface area contributed by atoms with Crippen LogP contribution in [0.25, 0.3) is 11.4 Å². The summed E-state index contributed by atoms with van der Waals surface area (Å²) in [5.74, 6) is 0.864. The zero-order chi connectivity index (χ0) is 25.3. The number of hydrogen-bond acceptors (Lipinski definition) is 8. The quantitative estimate of drug-likeness (QED) is 0.494. The molecule has 0 saturated carbocycles. The molecule has 36 heavy (non-hydrogen) atoms. The lowest BCUT2D eigenvalue weighted by molar-refractivity contribution is -0.137. The monoisotopic (exact) mass is 501 g/mol. The largest absolute Gasteiger partial charge is 0.476 e. The molecule has 4 heterocycles. The van der Waals surface area contributed by atoms with Gasteiger partial charge < -0.3 is 14.7 Å². The Morgan fingerprint density at radius 3 is 2.81 bits per heavy atom. The van der Waals surface area contributed by atoms with Crippen molar-refractivity contribution in [3.63, 3.8) is 0 Å². The molecule has 5 rings (SSSR count). The first kappa shape index (κ1) is 23.7. The molecule has 2 aliphatic heterocycles. The summed E-state index contributed by atoms with van der Waals surface area (Å²) in [4.78, 5) is 33.9. The van der Waals surface area contributed by atoms with Gasteiger partial charge in [-0.15, -0.1) is 0 Å². The number of carbonyl (C=O) groups is 1. The number of ether oxygens (including phenoxy) is 1. The standard InChI is InChI=1S/C23H22F3N7O3/c24-23(25,26)15-4-1-3-14(9-15)20-29-10-17-21(31-20)33(16-5-6-32(17)13-16)22(35)30-18-11-28-19(12-27-18)36-8-2-7-34/h1,3-4,9-12,16,34H,2,5-8,13H2,(H,27,30,35)/t16-/m0/s1. The zero-order valence-electron chi connectivity index (χ0n) is 18.9. The molecule has 2 aromatic heterocycles. The minimum Gasteiger partial charge on any atom is -0.476 e. The summed E-state index contributed by atoms with van der Waals surface area (Å²) < 4.78 is 45.0. The van der Waals surface area contributed by atoms with Gasteiger partial charge >= 0.3 is 12.2 Å². The van der Waals surface area contributed by atoms with E-state index in [1.807, 2.05) is 0 Å². The number of nitrogens with one attached hydrogen (secondary N) is 1. The van der Waals surface area contributed by atoms with Crippen molar-refractivity contribution in [1.29, 1.82) is 0 Å². The van der Waals surface area contributed by atoms with Gasteiger partial charge in [0.2, 0.25) is 5.88 Å². The third kappa shape index (κ3) is 4.73. The molecule has 0 aliphatic carbocycles. The molecule has 1 atom stereocenters. The van der Waals surface area contributed by atoms with Crippen molar-refractivity contribution in [2.45, 2.75) is 25.1 Å². The Balaban J connectivity index is 1.41. The number of anilines is 3. The lowest BCUT2D eigenvalue weighted by Gasteiger charge is -2.35. The highest BCUT2D eigenvalue weighted by Gasteiger charge is 2.41. The van der Waals surface area contributed by atoms with E-state index >= 15 is 0 Å². The number of urea groups is 1. The van der Waals surface area contributed by atoms with Crippen molar-refractivity contribution in [1.82, 2.24) is 19.9 Å². The average molecular weight is 501 g/mol. The van der Waals surface area contributed by atoms with Crippen molar-refractivity contribution >= 4 is 23.4 Å². The molecular weight excluding hydrogens is 479 g/mol. The topological polar surface area (TPSA) is 117 Å². The summed E-state index contributed by atoms with van der Waals surface area (Å²) in [6, 6.07) is 4.12. The van der Waals surface area contributed by atoms with Crippen molar-refractivity contribution < 1.29 is 27.8 Å². The number of aliphatic hydroxyl groups is 1. The highest BCUT2D eigenvalue weighted by molar-refractivity contribution is 6.04.